The molecule has 7 nitrogen and oxygen atoms in total. The molecule has 2 aliphatic rings. The number of hydrogen-bond donors (Lipinski definition) is 2. The van der Waals surface area contributed by atoms with Gasteiger partial charge in [-0.2, -0.15) is 0 Å². The fourth-order valence-electron chi connectivity index (χ4n) is 4.55. The Labute approximate surface area is 173 Å². The van der Waals surface area contributed by atoms with E-state index in [-0.39, 0.29) is 24.9 Å². The highest BCUT2D eigenvalue weighted by Gasteiger charge is 2.49. The molecular weight excluding hydrogens is 380 g/mol. The Balaban J connectivity index is 1.46. The molecule has 0 radical (unpaired) electrons. The highest BCUT2D eigenvalue weighted by atomic mass is 16.2. The standard InChI is InChI=1S/C23H22N4O3/c28-20(26-12-6-11-23(15-26)21(29)24-22(30)25-23)14-27-18-10-5-4-9-17(18)13-19(27)16-7-2-1-3-8-16/h1-5,7-10,13H,6,11-12,14-15H2,(H2,24,25,29,30). The minimum Gasteiger partial charge on any atom is -0.338 e. The molecule has 3 heterocycles. The van der Waals surface area contributed by atoms with Gasteiger partial charge in [-0.05, 0) is 30.5 Å². The molecule has 7 heteroatoms. The lowest BCUT2D eigenvalue weighted by Crippen LogP contribution is -2.59. The van der Waals surface area contributed by atoms with Gasteiger partial charge in [0.2, 0.25) is 5.91 Å². The highest BCUT2D eigenvalue weighted by molar-refractivity contribution is 6.07. The molecule has 2 aliphatic heterocycles. The average Bonchev–Trinajstić information content (AvgIpc) is 3.25. The third kappa shape index (κ3) is 3.03. The van der Waals surface area contributed by atoms with Crippen molar-refractivity contribution in [1.82, 2.24) is 20.1 Å². The van der Waals surface area contributed by atoms with E-state index in [1.807, 2.05) is 59.2 Å². The molecule has 2 fully saturated rings. The number of carbonyl (C=O) groups is 3. The first-order valence-electron chi connectivity index (χ1n) is 10.1. The van der Waals surface area contributed by atoms with Crippen molar-refractivity contribution in [2.75, 3.05) is 13.1 Å². The van der Waals surface area contributed by atoms with Crippen molar-refractivity contribution >= 4 is 28.7 Å². The number of amides is 4. The lowest BCUT2D eigenvalue weighted by molar-refractivity contribution is -0.136. The third-order valence-electron chi connectivity index (χ3n) is 6.03. The molecule has 2 saturated heterocycles. The Hall–Kier alpha value is -3.61. The van der Waals surface area contributed by atoms with Gasteiger partial charge in [-0.1, -0.05) is 48.5 Å². The first kappa shape index (κ1) is 18.4. The van der Waals surface area contributed by atoms with E-state index in [4.69, 9.17) is 0 Å². The van der Waals surface area contributed by atoms with Gasteiger partial charge in [0.1, 0.15) is 12.1 Å². The maximum absolute atomic E-state index is 13.3. The summed E-state index contributed by atoms with van der Waals surface area (Å²) in [6.07, 6.45) is 1.20. The van der Waals surface area contributed by atoms with Gasteiger partial charge < -0.3 is 14.8 Å². The molecule has 1 atom stereocenters. The first-order valence-corrected chi connectivity index (χ1v) is 10.1. The van der Waals surface area contributed by atoms with E-state index in [0.717, 1.165) is 22.2 Å². The Kier molecular flexibility index (Phi) is 4.31. The molecule has 1 spiro atoms. The fraction of sp³-hybridized carbons (Fsp3) is 0.261. The van der Waals surface area contributed by atoms with Gasteiger partial charge in [-0.3, -0.25) is 14.9 Å². The number of hydrogen-bond acceptors (Lipinski definition) is 3. The number of nitrogens with zero attached hydrogens (tertiary/aromatic N) is 2. The zero-order valence-corrected chi connectivity index (χ0v) is 16.4. The summed E-state index contributed by atoms with van der Waals surface area (Å²) < 4.78 is 2.03. The van der Waals surface area contributed by atoms with Crippen LogP contribution in [-0.2, 0) is 16.1 Å². The third-order valence-corrected chi connectivity index (χ3v) is 6.03. The number of aromatic nitrogens is 1. The number of para-hydroxylation sites is 1. The van der Waals surface area contributed by atoms with Crippen molar-refractivity contribution in [3.05, 3.63) is 60.7 Å². The Morgan fingerprint density at radius 1 is 1.03 bits per heavy atom. The van der Waals surface area contributed by atoms with Crippen LogP contribution in [0.3, 0.4) is 0 Å². The molecule has 0 saturated carbocycles. The maximum Gasteiger partial charge on any atom is 0.322 e. The predicted octanol–water partition coefficient (Wildman–Crippen LogP) is 2.51. The lowest BCUT2D eigenvalue weighted by Gasteiger charge is -2.38. The van der Waals surface area contributed by atoms with Crippen LogP contribution in [0.1, 0.15) is 12.8 Å². The Morgan fingerprint density at radius 2 is 1.80 bits per heavy atom. The molecule has 152 valence electrons. The SMILES string of the molecule is O=C1NC(=O)C2(CCCN(C(=O)Cn3c(-c4ccccc4)cc4ccccc43)C2)N1. The zero-order valence-electron chi connectivity index (χ0n) is 16.4. The second-order valence-electron chi connectivity index (χ2n) is 7.95. The number of likely N-dealkylation sites (tertiary alicyclic amines) is 1. The van der Waals surface area contributed by atoms with Crippen LogP contribution < -0.4 is 10.6 Å². The number of carbonyl (C=O) groups excluding carboxylic acids is 3. The molecule has 3 aromatic rings. The van der Waals surface area contributed by atoms with E-state index in [2.05, 4.69) is 16.7 Å². The summed E-state index contributed by atoms with van der Waals surface area (Å²) in [6, 6.07) is 19.6. The van der Waals surface area contributed by atoms with Crippen LogP contribution >= 0.6 is 0 Å². The molecule has 4 amide bonds. The fourth-order valence-corrected chi connectivity index (χ4v) is 4.55. The van der Waals surface area contributed by atoms with Crippen LogP contribution in [-0.4, -0.2) is 45.9 Å². The maximum atomic E-state index is 13.3. The van der Waals surface area contributed by atoms with E-state index in [9.17, 15) is 14.4 Å². The number of fused-ring (bicyclic) bond motifs is 1. The minimum atomic E-state index is -1.01. The van der Waals surface area contributed by atoms with Crippen LogP contribution in [0.25, 0.3) is 22.2 Å². The summed E-state index contributed by atoms with van der Waals surface area (Å²) in [5, 5.41) is 6.11. The smallest absolute Gasteiger partial charge is 0.322 e. The second-order valence-corrected chi connectivity index (χ2v) is 7.95. The van der Waals surface area contributed by atoms with Gasteiger partial charge >= 0.3 is 6.03 Å². The van der Waals surface area contributed by atoms with Crippen molar-refractivity contribution < 1.29 is 14.4 Å². The van der Waals surface area contributed by atoms with Gasteiger partial charge in [0.05, 0.1) is 6.54 Å². The largest absolute Gasteiger partial charge is 0.338 e. The van der Waals surface area contributed by atoms with Gasteiger partial charge in [0.25, 0.3) is 5.91 Å². The van der Waals surface area contributed by atoms with E-state index in [1.54, 1.807) is 4.90 Å². The predicted molar refractivity (Wildman–Crippen MR) is 113 cm³/mol. The Morgan fingerprint density at radius 3 is 2.57 bits per heavy atom. The number of imide groups is 1. The number of urea groups is 1. The molecule has 0 bridgehead atoms. The topological polar surface area (TPSA) is 83.4 Å². The number of nitrogens with one attached hydrogen (secondary N) is 2. The average molecular weight is 402 g/mol. The van der Waals surface area contributed by atoms with E-state index < -0.39 is 11.6 Å². The van der Waals surface area contributed by atoms with E-state index in [0.29, 0.717) is 19.4 Å². The number of benzene rings is 2. The van der Waals surface area contributed by atoms with Crippen LogP contribution in [0, 0.1) is 0 Å². The molecule has 2 N–H and O–H groups in total. The Bertz CT molecular complexity index is 1150. The highest BCUT2D eigenvalue weighted by Crippen LogP contribution is 2.29. The molecule has 30 heavy (non-hydrogen) atoms. The van der Waals surface area contributed by atoms with Gasteiger partial charge in [-0.15, -0.1) is 0 Å². The molecule has 1 aromatic heterocycles. The summed E-state index contributed by atoms with van der Waals surface area (Å²) in [6.45, 7) is 0.941. The molecular formula is C23H22N4O3. The number of piperidine rings is 1. The van der Waals surface area contributed by atoms with Crippen molar-refractivity contribution in [1.29, 1.82) is 0 Å². The summed E-state index contributed by atoms with van der Waals surface area (Å²) in [4.78, 5) is 39.0. The summed E-state index contributed by atoms with van der Waals surface area (Å²) >= 11 is 0. The normalized spacial score (nSPS) is 21.1. The van der Waals surface area contributed by atoms with Crippen molar-refractivity contribution in [2.45, 2.75) is 24.9 Å². The van der Waals surface area contributed by atoms with Crippen LogP contribution in [0.4, 0.5) is 4.79 Å². The van der Waals surface area contributed by atoms with Crippen molar-refractivity contribution in [3.8, 4) is 11.3 Å². The molecule has 1 unspecified atom stereocenters. The molecule has 2 aromatic carbocycles. The van der Waals surface area contributed by atoms with Crippen molar-refractivity contribution in [2.24, 2.45) is 0 Å². The van der Waals surface area contributed by atoms with Gasteiger partial charge in [0.15, 0.2) is 0 Å². The lowest BCUT2D eigenvalue weighted by atomic mass is 9.89. The van der Waals surface area contributed by atoms with Crippen molar-refractivity contribution in [3.63, 3.8) is 0 Å². The quantitative estimate of drug-likeness (QED) is 0.661. The van der Waals surface area contributed by atoms with Gasteiger partial charge in [0, 0.05) is 23.1 Å². The van der Waals surface area contributed by atoms with E-state index >= 15 is 0 Å². The van der Waals surface area contributed by atoms with Crippen LogP contribution in [0.2, 0.25) is 0 Å². The minimum absolute atomic E-state index is 0.0680. The first-order chi connectivity index (χ1) is 14.6. The van der Waals surface area contributed by atoms with Gasteiger partial charge in [-0.25, -0.2) is 4.79 Å². The van der Waals surface area contributed by atoms with E-state index in [1.165, 1.54) is 0 Å². The number of rotatable bonds is 3. The van der Waals surface area contributed by atoms with Crippen LogP contribution in [0.5, 0.6) is 0 Å². The summed E-state index contributed by atoms with van der Waals surface area (Å²) in [5.74, 6) is -0.414. The summed E-state index contributed by atoms with van der Waals surface area (Å²) in [5.41, 5.74) is 2.00. The molecule has 5 rings (SSSR count). The molecule has 0 aliphatic carbocycles. The van der Waals surface area contributed by atoms with Crippen LogP contribution in [0.15, 0.2) is 60.7 Å². The summed E-state index contributed by atoms with van der Waals surface area (Å²) in [7, 11) is 0. The zero-order chi connectivity index (χ0) is 20.7. The monoisotopic (exact) mass is 402 g/mol. The second kappa shape index (κ2) is 7.02.